The minimum Gasteiger partial charge on any atom is -0.497 e. The van der Waals surface area contributed by atoms with Gasteiger partial charge in [0.1, 0.15) is 17.3 Å². The lowest BCUT2D eigenvalue weighted by atomic mass is 10.1. The predicted molar refractivity (Wildman–Crippen MR) is 78.4 cm³/mol. The standard InChI is InChI=1S/C16H21NO3/c1-12(17-9-8-13-5-4-10-20-13)15-11-14(18-2)6-7-16(15)19-3/h4-7,10-12,17H,8-9H2,1-3H3. The number of benzene rings is 1. The van der Waals surface area contributed by atoms with E-state index >= 15 is 0 Å². The van der Waals surface area contributed by atoms with Crippen molar-refractivity contribution >= 4 is 0 Å². The molecule has 4 nitrogen and oxygen atoms in total. The summed E-state index contributed by atoms with van der Waals surface area (Å²) in [5.41, 5.74) is 1.09. The Morgan fingerprint density at radius 2 is 2.05 bits per heavy atom. The Labute approximate surface area is 119 Å². The lowest BCUT2D eigenvalue weighted by molar-refractivity contribution is 0.391. The SMILES string of the molecule is COc1ccc(OC)c(C(C)NCCc2ccco2)c1. The zero-order valence-corrected chi connectivity index (χ0v) is 12.2. The van der Waals surface area contributed by atoms with Gasteiger partial charge in [-0.3, -0.25) is 0 Å². The molecule has 2 aromatic rings. The highest BCUT2D eigenvalue weighted by molar-refractivity contribution is 5.42. The van der Waals surface area contributed by atoms with Crippen molar-refractivity contribution in [2.75, 3.05) is 20.8 Å². The van der Waals surface area contributed by atoms with Crippen LogP contribution in [0.3, 0.4) is 0 Å². The molecule has 0 spiro atoms. The third-order valence-electron chi connectivity index (χ3n) is 3.31. The van der Waals surface area contributed by atoms with Crippen LogP contribution in [0, 0.1) is 0 Å². The first kappa shape index (κ1) is 14.5. The van der Waals surface area contributed by atoms with E-state index < -0.39 is 0 Å². The predicted octanol–water partition coefficient (Wildman–Crippen LogP) is 3.19. The second-order valence-corrected chi connectivity index (χ2v) is 4.61. The normalized spacial score (nSPS) is 12.2. The van der Waals surface area contributed by atoms with Crippen molar-refractivity contribution in [2.24, 2.45) is 0 Å². The average Bonchev–Trinajstić information content (AvgIpc) is 2.99. The van der Waals surface area contributed by atoms with Crippen molar-refractivity contribution in [3.05, 3.63) is 47.9 Å². The average molecular weight is 275 g/mol. The van der Waals surface area contributed by atoms with Crippen molar-refractivity contribution in [3.63, 3.8) is 0 Å². The largest absolute Gasteiger partial charge is 0.497 e. The van der Waals surface area contributed by atoms with Gasteiger partial charge in [-0.2, -0.15) is 0 Å². The molecule has 0 saturated carbocycles. The Kier molecular flexibility index (Phi) is 5.07. The quantitative estimate of drug-likeness (QED) is 0.842. The van der Waals surface area contributed by atoms with Crippen molar-refractivity contribution < 1.29 is 13.9 Å². The molecule has 1 aromatic heterocycles. The molecule has 1 aromatic carbocycles. The molecule has 0 saturated heterocycles. The summed E-state index contributed by atoms with van der Waals surface area (Å²) in [5, 5.41) is 3.47. The summed E-state index contributed by atoms with van der Waals surface area (Å²) in [6, 6.07) is 9.90. The molecule has 108 valence electrons. The molecule has 4 heteroatoms. The van der Waals surface area contributed by atoms with E-state index in [4.69, 9.17) is 13.9 Å². The second-order valence-electron chi connectivity index (χ2n) is 4.61. The number of furan rings is 1. The van der Waals surface area contributed by atoms with Crippen molar-refractivity contribution in [3.8, 4) is 11.5 Å². The molecular formula is C16H21NO3. The summed E-state index contributed by atoms with van der Waals surface area (Å²) in [5.74, 6) is 2.69. The van der Waals surface area contributed by atoms with Crippen LogP contribution in [0.25, 0.3) is 0 Å². The van der Waals surface area contributed by atoms with Gasteiger partial charge in [-0.15, -0.1) is 0 Å². The van der Waals surface area contributed by atoms with Gasteiger partial charge < -0.3 is 19.2 Å². The minimum atomic E-state index is 0.176. The van der Waals surface area contributed by atoms with Crippen molar-refractivity contribution in [2.45, 2.75) is 19.4 Å². The van der Waals surface area contributed by atoms with Crippen LogP contribution in [-0.2, 0) is 6.42 Å². The smallest absolute Gasteiger partial charge is 0.123 e. The van der Waals surface area contributed by atoms with Gasteiger partial charge in [0.05, 0.1) is 20.5 Å². The van der Waals surface area contributed by atoms with E-state index in [0.29, 0.717) is 0 Å². The minimum absolute atomic E-state index is 0.176. The third kappa shape index (κ3) is 3.54. The molecule has 20 heavy (non-hydrogen) atoms. The maximum absolute atomic E-state index is 5.40. The van der Waals surface area contributed by atoms with E-state index in [1.165, 1.54) is 0 Å². The maximum atomic E-state index is 5.40. The first-order chi connectivity index (χ1) is 9.74. The Morgan fingerprint density at radius 1 is 1.20 bits per heavy atom. The number of rotatable bonds is 7. The van der Waals surface area contributed by atoms with Crippen LogP contribution in [0.1, 0.15) is 24.3 Å². The fourth-order valence-corrected chi connectivity index (χ4v) is 2.15. The third-order valence-corrected chi connectivity index (χ3v) is 3.31. The van der Waals surface area contributed by atoms with Gasteiger partial charge >= 0.3 is 0 Å². The van der Waals surface area contributed by atoms with Gasteiger partial charge in [-0.25, -0.2) is 0 Å². The molecule has 0 radical (unpaired) electrons. The van der Waals surface area contributed by atoms with Crippen LogP contribution >= 0.6 is 0 Å². The monoisotopic (exact) mass is 275 g/mol. The molecule has 0 aliphatic rings. The van der Waals surface area contributed by atoms with E-state index in [1.54, 1.807) is 20.5 Å². The van der Waals surface area contributed by atoms with Crippen LogP contribution in [0.2, 0.25) is 0 Å². The number of methoxy groups -OCH3 is 2. The van der Waals surface area contributed by atoms with Crippen LogP contribution < -0.4 is 14.8 Å². The highest BCUT2D eigenvalue weighted by Crippen LogP contribution is 2.29. The topological polar surface area (TPSA) is 43.6 Å². The number of hydrogen-bond donors (Lipinski definition) is 1. The van der Waals surface area contributed by atoms with E-state index in [-0.39, 0.29) is 6.04 Å². The summed E-state index contributed by atoms with van der Waals surface area (Å²) in [7, 11) is 3.35. The van der Waals surface area contributed by atoms with Gasteiger partial charge in [0.2, 0.25) is 0 Å². The number of ether oxygens (including phenoxy) is 2. The fourth-order valence-electron chi connectivity index (χ4n) is 2.15. The molecule has 0 aliphatic carbocycles. The highest BCUT2D eigenvalue weighted by Gasteiger charge is 2.12. The molecule has 0 fully saturated rings. The Morgan fingerprint density at radius 3 is 2.70 bits per heavy atom. The van der Waals surface area contributed by atoms with Gasteiger partial charge in [0.15, 0.2) is 0 Å². The summed E-state index contributed by atoms with van der Waals surface area (Å²) >= 11 is 0. The van der Waals surface area contributed by atoms with Gasteiger partial charge in [0, 0.05) is 24.6 Å². The lowest BCUT2D eigenvalue weighted by Gasteiger charge is -2.18. The Balaban J connectivity index is 1.98. The van der Waals surface area contributed by atoms with Gasteiger partial charge in [-0.1, -0.05) is 0 Å². The molecule has 1 unspecified atom stereocenters. The zero-order valence-electron chi connectivity index (χ0n) is 12.2. The summed E-state index contributed by atoms with van der Waals surface area (Å²) < 4.78 is 16.0. The molecular weight excluding hydrogens is 254 g/mol. The molecule has 1 heterocycles. The van der Waals surface area contributed by atoms with E-state index in [1.807, 2.05) is 30.3 Å². The fraction of sp³-hybridized carbons (Fsp3) is 0.375. The van der Waals surface area contributed by atoms with Crippen LogP contribution in [0.15, 0.2) is 41.0 Å². The number of nitrogens with one attached hydrogen (secondary N) is 1. The van der Waals surface area contributed by atoms with E-state index in [9.17, 15) is 0 Å². The lowest BCUT2D eigenvalue weighted by Crippen LogP contribution is -2.21. The van der Waals surface area contributed by atoms with Gasteiger partial charge in [-0.05, 0) is 37.3 Å². The summed E-state index contributed by atoms with van der Waals surface area (Å²) in [6.45, 7) is 2.95. The molecule has 0 bridgehead atoms. The molecule has 1 N–H and O–H groups in total. The maximum Gasteiger partial charge on any atom is 0.123 e. The second kappa shape index (κ2) is 7.01. The first-order valence-corrected chi connectivity index (χ1v) is 6.72. The molecule has 1 atom stereocenters. The molecule has 2 rings (SSSR count). The molecule has 0 amide bonds. The van der Waals surface area contributed by atoms with E-state index in [2.05, 4.69) is 12.2 Å². The molecule has 0 aliphatic heterocycles. The van der Waals surface area contributed by atoms with Crippen molar-refractivity contribution in [1.29, 1.82) is 0 Å². The van der Waals surface area contributed by atoms with Crippen LogP contribution in [0.5, 0.6) is 11.5 Å². The van der Waals surface area contributed by atoms with Crippen molar-refractivity contribution in [1.82, 2.24) is 5.32 Å². The van der Waals surface area contributed by atoms with Crippen LogP contribution in [-0.4, -0.2) is 20.8 Å². The Hall–Kier alpha value is -1.94. The summed E-state index contributed by atoms with van der Waals surface area (Å²) in [6.07, 6.45) is 2.56. The number of hydrogen-bond acceptors (Lipinski definition) is 4. The summed E-state index contributed by atoms with van der Waals surface area (Å²) in [4.78, 5) is 0. The van der Waals surface area contributed by atoms with Gasteiger partial charge in [0.25, 0.3) is 0 Å². The Bertz CT molecular complexity index is 523. The highest BCUT2D eigenvalue weighted by atomic mass is 16.5. The van der Waals surface area contributed by atoms with E-state index in [0.717, 1.165) is 35.8 Å². The van der Waals surface area contributed by atoms with Crippen LogP contribution in [0.4, 0.5) is 0 Å². The zero-order chi connectivity index (χ0) is 14.4. The first-order valence-electron chi connectivity index (χ1n) is 6.72.